The van der Waals surface area contributed by atoms with Gasteiger partial charge in [-0.25, -0.2) is 4.79 Å². The molecule has 2 aromatic carbocycles. The van der Waals surface area contributed by atoms with Crippen molar-refractivity contribution in [2.24, 2.45) is 16.7 Å². The SMILES string of the molecule is COC(=O)[C@H](Cc1ccc(NC(=O)c2c(Cl)cccc2Cl)cc1)NC(=O)C1CCC(C)(C(=O)NCCC#N)C1(C)C. The quantitative estimate of drug-likeness (QED) is 0.261. The first-order valence-corrected chi connectivity index (χ1v) is 14.0. The number of nitrogens with zero attached hydrogens (tertiary/aromatic N) is 1. The first kappa shape index (κ1) is 31.9. The van der Waals surface area contributed by atoms with E-state index in [-0.39, 0.29) is 46.8 Å². The number of halogens is 2. The van der Waals surface area contributed by atoms with Crippen LogP contribution in [0.1, 0.15) is 56.0 Å². The van der Waals surface area contributed by atoms with Crippen LogP contribution >= 0.6 is 23.2 Å². The summed E-state index contributed by atoms with van der Waals surface area (Å²) in [6, 6.07) is 12.6. The predicted molar refractivity (Wildman–Crippen MR) is 156 cm³/mol. The van der Waals surface area contributed by atoms with Crippen LogP contribution in [0, 0.1) is 28.1 Å². The van der Waals surface area contributed by atoms with Gasteiger partial charge in [0.05, 0.1) is 40.6 Å². The van der Waals surface area contributed by atoms with Gasteiger partial charge in [-0.3, -0.25) is 14.4 Å². The Balaban J connectivity index is 1.69. The van der Waals surface area contributed by atoms with Gasteiger partial charge in [-0.05, 0) is 48.1 Å². The Morgan fingerprint density at radius 2 is 1.71 bits per heavy atom. The van der Waals surface area contributed by atoms with E-state index in [9.17, 15) is 19.2 Å². The summed E-state index contributed by atoms with van der Waals surface area (Å²) in [7, 11) is 1.25. The van der Waals surface area contributed by atoms with Crippen LogP contribution in [0.25, 0.3) is 0 Å². The molecule has 11 heteroatoms. The molecule has 41 heavy (non-hydrogen) atoms. The molecular weight excluding hydrogens is 567 g/mol. The molecule has 1 fully saturated rings. The van der Waals surface area contributed by atoms with E-state index in [2.05, 4.69) is 16.0 Å². The van der Waals surface area contributed by atoms with E-state index in [1.807, 2.05) is 26.8 Å². The normalized spacial score (nSPS) is 19.9. The molecule has 3 atom stereocenters. The Morgan fingerprint density at radius 3 is 2.29 bits per heavy atom. The second-order valence-corrected chi connectivity index (χ2v) is 11.7. The van der Waals surface area contributed by atoms with Crippen molar-refractivity contribution >= 4 is 52.6 Å². The molecule has 3 rings (SSSR count). The fourth-order valence-electron chi connectivity index (χ4n) is 5.27. The third-order valence-corrected chi connectivity index (χ3v) is 8.84. The van der Waals surface area contributed by atoms with Gasteiger partial charge in [0.25, 0.3) is 5.91 Å². The van der Waals surface area contributed by atoms with Gasteiger partial charge in [-0.15, -0.1) is 0 Å². The summed E-state index contributed by atoms with van der Waals surface area (Å²) in [6.07, 6.45) is 1.32. The van der Waals surface area contributed by atoms with Crippen molar-refractivity contribution in [1.29, 1.82) is 5.26 Å². The van der Waals surface area contributed by atoms with Crippen molar-refractivity contribution in [3.63, 3.8) is 0 Å². The number of carbonyl (C=O) groups excluding carboxylic acids is 4. The number of rotatable bonds is 10. The summed E-state index contributed by atoms with van der Waals surface area (Å²) >= 11 is 12.3. The third-order valence-electron chi connectivity index (χ3n) is 8.21. The first-order valence-electron chi connectivity index (χ1n) is 13.2. The lowest BCUT2D eigenvalue weighted by Crippen LogP contribution is -2.52. The molecule has 1 saturated carbocycles. The lowest BCUT2D eigenvalue weighted by molar-refractivity contribution is -0.147. The fourth-order valence-corrected chi connectivity index (χ4v) is 5.84. The monoisotopic (exact) mass is 600 g/mol. The van der Waals surface area contributed by atoms with E-state index in [4.69, 9.17) is 33.2 Å². The number of nitriles is 1. The number of hydrogen-bond acceptors (Lipinski definition) is 6. The minimum absolute atomic E-state index is 0.155. The van der Waals surface area contributed by atoms with Gasteiger partial charge in [0.15, 0.2) is 0 Å². The zero-order valence-electron chi connectivity index (χ0n) is 23.5. The lowest BCUT2D eigenvalue weighted by atomic mass is 9.65. The van der Waals surface area contributed by atoms with Gasteiger partial charge in [0.1, 0.15) is 6.04 Å². The molecule has 0 heterocycles. The van der Waals surface area contributed by atoms with Crippen LogP contribution < -0.4 is 16.0 Å². The summed E-state index contributed by atoms with van der Waals surface area (Å²) in [4.78, 5) is 51.7. The van der Waals surface area contributed by atoms with Gasteiger partial charge >= 0.3 is 5.97 Å². The highest BCUT2D eigenvalue weighted by Crippen LogP contribution is 2.56. The Hall–Kier alpha value is -3.61. The van der Waals surface area contributed by atoms with Crippen LogP contribution in [0.15, 0.2) is 42.5 Å². The van der Waals surface area contributed by atoms with E-state index in [0.717, 1.165) is 5.56 Å². The Kier molecular flexibility index (Phi) is 10.4. The Labute approximate surface area is 249 Å². The molecule has 3 N–H and O–H groups in total. The average molecular weight is 602 g/mol. The number of nitrogens with one attached hydrogen (secondary N) is 3. The summed E-state index contributed by atoms with van der Waals surface area (Å²) < 4.78 is 4.96. The topological polar surface area (TPSA) is 137 Å². The first-order chi connectivity index (χ1) is 19.3. The zero-order chi connectivity index (χ0) is 30.4. The molecule has 0 spiro atoms. The van der Waals surface area contributed by atoms with Crippen LogP contribution in [0.3, 0.4) is 0 Å². The Morgan fingerprint density at radius 1 is 1.07 bits per heavy atom. The molecule has 0 bridgehead atoms. The second-order valence-electron chi connectivity index (χ2n) is 10.8. The highest BCUT2D eigenvalue weighted by Gasteiger charge is 2.58. The van der Waals surface area contributed by atoms with E-state index in [0.29, 0.717) is 18.5 Å². The number of esters is 1. The van der Waals surface area contributed by atoms with Crippen molar-refractivity contribution in [1.82, 2.24) is 10.6 Å². The molecule has 1 aliphatic carbocycles. The number of amides is 3. The van der Waals surface area contributed by atoms with Crippen molar-refractivity contribution < 1.29 is 23.9 Å². The molecule has 2 unspecified atom stereocenters. The van der Waals surface area contributed by atoms with Crippen LogP contribution in [-0.2, 0) is 25.5 Å². The minimum atomic E-state index is -0.956. The average Bonchev–Trinajstić information content (AvgIpc) is 3.18. The van der Waals surface area contributed by atoms with Gasteiger partial charge < -0.3 is 20.7 Å². The van der Waals surface area contributed by atoms with E-state index in [1.54, 1.807) is 42.5 Å². The van der Waals surface area contributed by atoms with E-state index in [1.165, 1.54) is 7.11 Å². The number of benzene rings is 2. The maximum atomic E-state index is 13.5. The molecule has 218 valence electrons. The predicted octanol–water partition coefficient (Wildman–Crippen LogP) is 4.92. The highest BCUT2D eigenvalue weighted by molar-refractivity contribution is 6.40. The Bertz CT molecular complexity index is 1340. The van der Waals surface area contributed by atoms with Crippen molar-refractivity contribution in [3.8, 4) is 6.07 Å². The zero-order valence-corrected chi connectivity index (χ0v) is 25.0. The second kappa shape index (κ2) is 13.4. The maximum absolute atomic E-state index is 13.5. The van der Waals surface area contributed by atoms with Crippen LogP contribution in [0.2, 0.25) is 10.0 Å². The number of hydrogen-bond donors (Lipinski definition) is 3. The molecule has 0 radical (unpaired) electrons. The molecule has 3 amide bonds. The summed E-state index contributed by atoms with van der Waals surface area (Å²) in [5.41, 5.74) is -0.146. The highest BCUT2D eigenvalue weighted by atomic mass is 35.5. The third kappa shape index (κ3) is 7.00. The molecule has 0 aliphatic heterocycles. The van der Waals surface area contributed by atoms with Crippen LogP contribution in [0.4, 0.5) is 5.69 Å². The number of methoxy groups -OCH3 is 1. The largest absolute Gasteiger partial charge is 0.467 e. The molecule has 2 aromatic rings. The standard InChI is InChI=1S/C30H34Cl2N4O5/c1-29(2)20(13-14-30(29,3)28(40)34-16-6-15-33)25(37)36-23(27(39)41-4)17-18-9-11-19(12-10-18)35-26(38)24-21(31)7-5-8-22(24)32/h5,7-12,20,23H,6,13-14,16-17H2,1-4H3,(H,34,40)(H,35,38)(H,36,37)/t20?,23-,30?/m0/s1. The molecule has 9 nitrogen and oxygen atoms in total. The summed E-state index contributed by atoms with van der Waals surface area (Å²) in [6.45, 7) is 5.84. The molecule has 1 aliphatic rings. The molecule has 0 saturated heterocycles. The summed E-state index contributed by atoms with van der Waals surface area (Å²) in [5, 5.41) is 17.6. The van der Waals surface area contributed by atoms with Gasteiger partial charge in [-0.2, -0.15) is 5.26 Å². The van der Waals surface area contributed by atoms with Gasteiger partial charge in [-0.1, -0.05) is 62.2 Å². The van der Waals surface area contributed by atoms with Gasteiger partial charge in [0.2, 0.25) is 11.8 Å². The smallest absolute Gasteiger partial charge is 0.328 e. The van der Waals surface area contributed by atoms with E-state index < -0.39 is 34.7 Å². The van der Waals surface area contributed by atoms with Crippen molar-refractivity contribution in [2.45, 2.75) is 52.5 Å². The number of carbonyl (C=O) groups is 4. The van der Waals surface area contributed by atoms with Crippen molar-refractivity contribution in [2.75, 3.05) is 19.0 Å². The fraction of sp³-hybridized carbons (Fsp3) is 0.433. The number of ether oxygens (including phenoxy) is 1. The number of anilines is 1. The lowest BCUT2D eigenvalue weighted by Gasteiger charge is -2.40. The van der Waals surface area contributed by atoms with Gasteiger partial charge in [0, 0.05) is 24.6 Å². The van der Waals surface area contributed by atoms with Crippen molar-refractivity contribution in [3.05, 3.63) is 63.6 Å². The molecule has 0 aromatic heterocycles. The van der Waals surface area contributed by atoms with E-state index >= 15 is 0 Å². The molecular formula is C30H34Cl2N4O5. The minimum Gasteiger partial charge on any atom is -0.467 e. The summed E-state index contributed by atoms with van der Waals surface area (Å²) in [5.74, 6) is -2.11. The maximum Gasteiger partial charge on any atom is 0.328 e. The van der Waals surface area contributed by atoms with Crippen LogP contribution in [-0.4, -0.2) is 43.4 Å². The van der Waals surface area contributed by atoms with Crippen LogP contribution in [0.5, 0.6) is 0 Å².